The summed E-state index contributed by atoms with van der Waals surface area (Å²) < 4.78 is 10.4. The maximum atomic E-state index is 11.8. The van der Waals surface area contributed by atoms with E-state index in [0.717, 1.165) is 16.9 Å². The Kier molecular flexibility index (Phi) is 8.52. The fraction of sp³-hybridized carbons (Fsp3) is 0.286. The average Bonchev–Trinajstić information content (AvgIpc) is 2.71. The van der Waals surface area contributed by atoms with Gasteiger partial charge in [0.15, 0.2) is 6.61 Å². The van der Waals surface area contributed by atoms with Crippen LogP contribution in [0, 0.1) is 0 Å². The molecule has 7 heteroatoms. The summed E-state index contributed by atoms with van der Waals surface area (Å²) >= 11 is 0. The van der Waals surface area contributed by atoms with Crippen LogP contribution in [0.4, 0.5) is 4.79 Å². The number of aryl methyl sites for hydroxylation is 1. The molecule has 148 valence electrons. The van der Waals surface area contributed by atoms with Gasteiger partial charge >= 0.3 is 12.0 Å². The standard InChI is InChI=1S/C21H24N2O5/c1-2-27-18-11-7-6-10-17(18)12-13-20(25)28-15-19(24)23-21(26)22-14-16-8-4-3-5-9-16/h3-11H,2,12-15H2,1H3,(H2,22,23,24,26). The monoisotopic (exact) mass is 384 g/mol. The van der Waals surface area contributed by atoms with E-state index in [1.807, 2.05) is 61.5 Å². The summed E-state index contributed by atoms with van der Waals surface area (Å²) in [6, 6.07) is 16.1. The van der Waals surface area contributed by atoms with Crippen LogP contribution in [0.5, 0.6) is 5.75 Å². The molecule has 0 aliphatic carbocycles. The van der Waals surface area contributed by atoms with Gasteiger partial charge in [0.2, 0.25) is 0 Å². The summed E-state index contributed by atoms with van der Waals surface area (Å²) in [5.41, 5.74) is 1.80. The number of esters is 1. The molecule has 0 aliphatic rings. The zero-order chi connectivity index (χ0) is 20.2. The van der Waals surface area contributed by atoms with Crippen LogP contribution in [0.3, 0.4) is 0 Å². The van der Waals surface area contributed by atoms with Gasteiger partial charge in [-0.25, -0.2) is 4.79 Å². The molecule has 2 N–H and O–H groups in total. The van der Waals surface area contributed by atoms with Crippen LogP contribution in [0.25, 0.3) is 0 Å². The molecule has 2 rings (SSSR count). The number of benzene rings is 2. The summed E-state index contributed by atoms with van der Waals surface area (Å²) in [7, 11) is 0. The van der Waals surface area contributed by atoms with Gasteiger partial charge in [-0.3, -0.25) is 14.9 Å². The lowest BCUT2D eigenvalue weighted by Crippen LogP contribution is -2.41. The van der Waals surface area contributed by atoms with Crippen molar-refractivity contribution in [3.05, 3.63) is 65.7 Å². The first kappa shape index (κ1) is 21.0. The second-order valence-electron chi connectivity index (χ2n) is 5.92. The Morgan fingerprint density at radius 2 is 1.68 bits per heavy atom. The molecule has 0 saturated heterocycles. The van der Waals surface area contributed by atoms with E-state index in [0.29, 0.717) is 19.6 Å². The van der Waals surface area contributed by atoms with E-state index in [1.165, 1.54) is 0 Å². The van der Waals surface area contributed by atoms with Crippen LogP contribution in [0.1, 0.15) is 24.5 Å². The molecule has 0 saturated carbocycles. The van der Waals surface area contributed by atoms with Gasteiger partial charge in [0.05, 0.1) is 6.61 Å². The van der Waals surface area contributed by atoms with Crippen molar-refractivity contribution >= 4 is 17.9 Å². The normalized spacial score (nSPS) is 10.0. The maximum absolute atomic E-state index is 11.8. The van der Waals surface area contributed by atoms with Crippen LogP contribution in [-0.2, 0) is 27.3 Å². The molecule has 0 radical (unpaired) electrons. The van der Waals surface area contributed by atoms with E-state index >= 15 is 0 Å². The molecule has 2 aromatic carbocycles. The minimum Gasteiger partial charge on any atom is -0.494 e. The molecule has 0 spiro atoms. The Bertz CT molecular complexity index is 792. The summed E-state index contributed by atoms with van der Waals surface area (Å²) in [5.74, 6) is -0.481. The molecule has 0 fully saturated rings. The highest BCUT2D eigenvalue weighted by Gasteiger charge is 2.12. The molecule has 2 aromatic rings. The Hall–Kier alpha value is -3.35. The number of rotatable bonds is 9. The molecule has 0 aromatic heterocycles. The van der Waals surface area contributed by atoms with Gasteiger partial charge in [0.1, 0.15) is 5.75 Å². The minimum absolute atomic E-state index is 0.109. The quantitative estimate of drug-likeness (QED) is 0.648. The third-order valence-electron chi connectivity index (χ3n) is 3.78. The highest BCUT2D eigenvalue weighted by atomic mass is 16.5. The van der Waals surface area contributed by atoms with E-state index < -0.39 is 24.5 Å². The molecule has 3 amide bonds. The molecule has 0 heterocycles. The molecule has 7 nitrogen and oxygen atoms in total. The number of carbonyl (C=O) groups excluding carboxylic acids is 3. The SMILES string of the molecule is CCOc1ccccc1CCC(=O)OCC(=O)NC(=O)NCc1ccccc1. The number of hydrogen-bond donors (Lipinski definition) is 2. The summed E-state index contributed by atoms with van der Waals surface area (Å²) in [6.45, 7) is 2.21. The van der Waals surface area contributed by atoms with Gasteiger partial charge in [-0.05, 0) is 30.5 Å². The Morgan fingerprint density at radius 1 is 0.964 bits per heavy atom. The lowest BCUT2D eigenvalue weighted by molar-refractivity contribution is -0.148. The van der Waals surface area contributed by atoms with Gasteiger partial charge in [-0.2, -0.15) is 0 Å². The van der Waals surface area contributed by atoms with Crippen LogP contribution in [-0.4, -0.2) is 31.1 Å². The summed E-state index contributed by atoms with van der Waals surface area (Å²) in [4.78, 5) is 35.2. The topological polar surface area (TPSA) is 93.7 Å². The van der Waals surface area contributed by atoms with Crippen LogP contribution < -0.4 is 15.4 Å². The fourth-order valence-electron chi connectivity index (χ4n) is 2.45. The lowest BCUT2D eigenvalue weighted by Gasteiger charge is -2.10. The zero-order valence-corrected chi connectivity index (χ0v) is 15.8. The number of imide groups is 1. The third kappa shape index (κ3) is 7.49. The number of amides is 3. The Morgan fingerprint density at radius 3 is 2.43 bits per heavy atom. The van der Waals surface area contributed by atoms with Crippen molar-refractivity contribution < 1.29 is 23.9 Å². The van der Waals surface area contributed by atoms with Gasteiger partial charge in [-0.1, -0.05) is 48.5 Å². The van der Waals surface area contributed by atoms with Gasteiger partial charge in [0.25, 0.3) is 5.91 Å². The van der Waals surface area contributed by atoms with E-state index in [2.05, 4.69) is 10.6 Å². The number of para-hydroxylation sites is 1. The molecule has 0 unspecified atom stereocenters. The highest BCUT2D eigenvalue weighted by Crippen LogP contribution is 2.19. The Labute approximate surface area is 164 Å². The number of hydrogen-bond acceptors (Lipinski definition) is 5. The number of urea groups is 1. The van der Waals surface area contributed by atoms with Gasteiger partial charge in [-0.15, -0.1) is 0 Å². The van der Waals surface area contributed by atoms with Crippen molar-refractivity contribution in [3.8, 4) is 5.75 Å². The number of nitrogens with one attached hydrogen (secondary N) is 2. The predicted molar refractivity (Wildman–Crippen MR) is 104 cm³/mol. The van der Waals surface area contributed by atoms with Crippen molar-refractivity contribution in [2.24, 2.45) is 0 Å². The lowest BCUT2D eigenvalue weighted by atomic mass is 10.1. The van der Waals surface area contributed by atoms with E-state index in [-0.39, 0.29) is 6.42 Å². The smallest absolute Gasteiger partial charge is 0.321 e. The highest BCUT2D eigenvalue weighted by molar-refractivity contribution is 5.95. The van der Waals surface area contributed by atoms with E-state index in [4.69, 9.17) is 9.47 Å². The molecule has 0 aliphatic heterocycles. The molecule has 28 heavy (non-hydrogen) atoms. The first-order chi connectivity index (χ1) is 13.6. The largest absolute Gasteiger partial charge is 0.494 e. The van der Waals surface area contributed by atoms with Crippen LogP contribution in [0.2, 0.25) is 0 Å². The summed E-state index contributed by atoms with van der Waals surface area (Å²) in [6.07, 6.45) is 0.547. The van der Waals surface area contributed by atoms with Gasteiger partial charge in [0, 0.05) is 13.0 Å². The third-order valence-corrected chi connectivity index (χ3v) is 3.78. The van der Waals surface area contributed by atoms with Crippen LogP contribution >= 0.6 is 0 Å². The minimum atomic E-state index is -0.686. The summed E-state index contributed by atoms with van der Waals surface area (Å²) in [5, 5.41) is 4.68. The van der Waals surface area contributed by atoms with Crippen molar-refractivity contribution in [3.63, 3.8) is 0 Å². The van der Waals surface area contributed by atoms with E-state index in [9.17, 15) is 14.4 Å². The van der Waals surface area contributed by atoms with Crippen molar-refractivity contribution in [2.75, 3.05) is 13.2 Å². The fourth-order valence-corrected chi connectivity index (χ4v) is 2.45. The molecule has 0 atom stereocenters. The van der Waals surface area contributed by atoms with Crippen molar-refractivity contribution in [1.82, 2.24) is 10.6 Å². The second kappa shape index (κ2) is 11.4. The van der Waals surface area contributed by atoms with E-state index in [1.54, 1.807) is 0 Å². The first-order valence-corrected chi connectivity index (χ1v) is 9.06. The van der Waals surface area contributed by atoms with Gasteiger partial charge < -0.3 is 14.8 Å². The zero-order valence-electron chi connectivity index (χ0n) is 15.8. The number of ether oxygens (including phenoxy) is 2. The maximum Gasteiger partial charge on any atom is 0.321 e. The second-order valence-corrected chi connectivity index (χ2v) is 5.92. The van der Waals surface area contributed by atoms with Crippen LogP contribution in [0.15, 0.2) is 54.6 Å². The number of carbonyl (C=O) groups is 3. The van der Waals surface area contributed by atoms with Crippen molar-refractivity contribution in [1.29, 1.82) is 0 Å². The van der Waals surface area contributed by atoms with Crippen molar-refractivity contribution in [2.45, 2.75) is 26.3 Å². The molecular weight excluding hydrogens is 360 g/mol. The Balaban J connectivity index is 1.66. The molecule has 0 bridgehead atoms. The molecular formula is C21H24N2O5. The predicted octanol–water partition coefficient (Wildman–Crippen LogP) is 2.59. The average molecular weight is 384 g/mol. The first-order valence-electron chi connectivity index (χ1n) is 9.06.